The number of nitrogens with zero attached hydrogens (tertiary/aromatic N) is 3. The molecule has 0 saturated heterocycles. The van der Waals surface area contributed by atoms with Crippen LogP contribution in [0.5, 0.6) is 0 Å². The van der Waals surface area contributed by atoms with Gasteiger partial charge in [-0.1, -0.05) is 0 Å². The molecule has 0 spiro atoms. The lowest BCUT2D eigenvalue weighted by Gasteiger charge is -2.11. The molecular weight excluding hydrogens is 200 g/mol. The Hall–Kier alpha value is -1.47. The third kappa shape index (κ3) is 3.64. The summed E-state index contributed by atoms with van der Waals surface area (Å²) in [4.78, 5) is 20.1. The number of carbonyl (C=O) groups is 1. The summed E-state index contributed by atoms with van der Waals surface area (Å²) < 4.78 is 6.19. The number of amides is 1. The maximum Gasteiger partial charge on any atom is 0.268 e. The van der Waals surface area contributed by atoms with Crippen molar-refractivity contribution < 1.29 is 14.4 Å². The molecule has 1 aromatic rings. The van der Waals surface area contributed by atoms with E-state index in [9.17, 15) is 4.79 Å². The number of hydrogen-bond acceptors (Lipinski definition) is 5. The van der Waals surface area contributed by atoms with Gasteiger partial charge in [0, 0.05) is 7.11 Å². The van der Waals surface area contributed by atoms with Crippen LogP contribution in [-0.4, -0.2) is 41.0 Å². The van der Waals surface area contributed by atoms with Gasteiger partial charge in [0.05, 0.1) is 13.2 Å². The minimum absolute atomic E-state index is 0.281. The maximum absolute atomic E-state index is 11.4. The van der Waals surface area contributed by atoms with Crippen molar-refractivity contribution in [1.29, 1.82) is 0 Å². The second-order valence-electron chi connectivity index (χ2n) is 2.86. The Bertz CT molecular complexity index is 288. The molecule has 0 bridgehead atoms. The Morgan fingerprint density at radius 1 is 1.60 bits per heavy atom. The van der Waals surface area contributed by atoms with Crippen molar-refractivity contribution in [2.75, 3.05) is 20.3 Å². The third-order valence-corrected chi connectivity index (χ3v) is 1.78. The molecule has 1 atom stereocenters. The van der Waals surface area contributed by atoms with Crippen LogP contribution >= 0.6 is 0 Å². The molecule has 0 saturated carbocycles. The highest BCUT2D eigenvalue weighted by molar-refractivity contribution is 5.78. The van der Waals surface area contributed by atoms with Gasteiger partial charge < -0.3 is 4.74 Å². The predicted octanol–water partition coefficient (Wildman–Crippen LogP) is -0.467. The first-order valence-corrected chi connectivity index (χ1v) is 4.50. The zero-order valence-electron chi connectivity index (χ0n) is 8.71. The highest BCUT2D eigenvalue weighted by Crippen LogP contribution is 2.00. The van der Waals surface area contributed by atoms with Crippen LogP contribution in [0, 0.1) is 0 Å². The fraction of sp³-hybridized carbons (Fsp3) is 0.625. The average Bonchev–Trinajstić information content (AvgIpc) is 2.76. The van der Waals surface area contributed by atoms with Crippen LogP contribution in [0.15, 0.2) is 12.7 Å². The molecule has 1 heterocycles. The Labute approximate surface area is 87.3 Å². The number of hydrogen-bond donors (Lipinski definition) is 1. The summed E-state index contributed by atoms with van der Waals surface area (Å²) in [7, 11) is 1.56. The number of methoxy groups -OCH3 is 1. The van der Waals surface area contributed by atoms with Gasteiger partial charge in [0.25, 0.3) is 5.91 Å². The number of hydroxylamine groups is 1. The largest absolute Gasteiger partial charge is 0.382 e. The molecule has 1 unspecified atom stereocenters. The van der Waals surface area contributed by atoms with E-state index in [1.165, 1.54) is 17.3 Å². The van der Waals surface area contributed by atoms with Gasteiger partial charge in [-0.25, -0.2) is 15.1 Å². The summed E-state index contributed by atoms with van der Waals surface area (Å²) in [5.74, 6) is -0.281. The Kier molecular flexibility index (Phi) is 4.72. The number of ether oxygens (including phenoxy) is 1. The summed E-state index contributed by atoms with van der Waals surface area (Å²) >= 11 is 0. The molecule has 0 aliphatic carbocycles. The van der Waals surface area contributed by atoms with E-state index >= 15 is 0 Å². The van der Waals surface area contributed by atoms with Gasteiger partial charge in [0.2, 0.25) is 0 Å². The normalized spacial score (nSPS) is 12.4. The van der Waals surface area contributed by atoms with E-state index in [4.69, 9.17) is 9.57 Å². The molecule has 0 aromatic carbocycles. The van der Waals surface area contributed by atoms with Gasteiger partial charge in [-0.2, -0.15) is 5.10 Å². The molecule has 0 aliphatic heterocycles. The topological polar surface area (TPSA) is 78.3 Å². The summed E-state index contributed by atoms with van der Waals surface area (Å²) in [5.41, 5.74) is 2.30. The Morgan fingerprint density at radius 2 is 2.40 bits per heavy atom. The average molecular weight is 214 g/mol. The Morgan fingerprint density at radius 3 is 3.00 bits per heavy atom. The number of carbonyl (C=O) groups excluding carboxylic acids is 1. The van der Waals surface area contributed by atoms with Crippen LogP contribution in [-0.2, 0) is 14.4 Å². The van der Waals surface area contributed by atoms with Gasteiger partial charge in [-0.15, -0.1) is 0 Å². The zero-order valence-corrected chi connectivity index (χ0v) is 8.71. The van der Waals surface area contributed by atoms with Crippen LogP contribution in [0.25, 0.3) is 0 Å². The maximum atomic E-state index is 11.4. The fourth-order valence-electron chi connectivity index (χ4n) is 0.870. The van der Waals surface area contributed by atoms with Crippen molar-refractivity contribution in [2.24, 2.45) is 0 Å². The van der Waals surface area contributed by atoms with E-state index in [0.717, 1.165) is 0 Å². The molecule has 84 valence electrons. The number of rotatable bonds is 6. The number of aromatic nitrogens is 3. The third-order valence-electron chi connectivity index (χ3n) is 1.78. The molecule has 15 heavy (non-hydrogen) atoms. The first kappa shape index (κ1) is 11.6. The molecule has 1 N–H and O–H groups in total. The van der Waals surface area contributed by atoms with Crippen molar-refractivity contribution in [1.82, 2.24) is 20.2 Å². The number of nitrogens with one attached hydrogen (secondary N) is 1. The monoisotopic (exact) mass is 214 g/mol. The standard InChI is InChI=1S/C8H14N4O3/c1-7(12-6-9-5-10-12)8(13)11-15-4-3-14-2/h5-7H,3-4H2,1-2H3,(H,11,13). The molecular formula is C8H14N4O3. The first-order chi connectivity index (χ1) is 7.25. The van der Waals surface area contributed by atoms with E-state index < -0.39 is 6.04 Å². The predicted molar refractivity (Wildman–Crippen MR) is 50.7 cm³/mol. The molecule has 0 aliphatic rings. The van der Waals surface area contributed by atoms with Crippen molar-refractivity contribution >= 4 is 5.91 Å². The molecule has 0 fully saturated rings. The van der Waals surface area contributed by atoms with Crippen LogP contribution in [0.3, 0.4) is 0 Å². The van der Waals surface area contributed by atoms with E-state index in [1.807, 2.05) is 0 Å². The summed E-state index contributed by atoms with van der Waals surface area (Å²) in [5, 5.41) is 3.85. The first-order valence-electron chi connectivity index (χ1n) is 4.50. The van der Waals surface area contributed by atoms with Gasteiger partial charge in [0.15, 0.2) is 0 Å². The Balaban J connectivity index is 2.28. The summed E-state index contributed by atoms with van der Waals surface area (Å²) in [6.45, 7) is 2.44. The van der Waals surface area contributed by atoms with Gasteiger partial charge in [-0.05, 0) is 6.92 Å². The molecule has 1 amide bonds. The van der Waals surface area contributed by atoms with Crippen LogP contribution < -0.4 is 5.48 Å². The lowest BCUT2D eigenvalue weighted by Crippen LogP contribution is -2.32. The van der Waals surface area contributed by atoms with Gasteiger partial charge in [-0.3, -0.25) is 9.63 Å². The highest BCUT2D eigenvalue weighted by atomic mass is 16.7. The SMILES string of the molecule is COCCONC(=O)C(C)n1cncn1. The van der Waals surface area contributed by atoms with E-state index in [0.29, 0.717) is 13.2 Å². The summed E-state index contributed by atoms with van der Waals surface area (Å²) in [6.07, 6.45) is 2.84. The van der Waals surface area contributed by atoms with Crippen LogP contribution in [0.4, 0.5) is 0 Å². The second-order valence-corrected chi connectivity index (χ2v) is 2.86. The van der Waals surface area contributed by atoms with Crippen molar-refractivity contribution in [3.63, 3.8) is 0 Å². The lowest BCUT2D eigenvalue weighted by atomic mass is 10.3. The van der Waals surface area contributed by atoms with Crippen molar-refractivity contribution in [3.05, 3.63) is 12.7 Å². The minimum atomic E-state index is -0.449. The quantitative estimate of drug-likeness (QED) is 0.511. The van der Waals surface area contributed by atoms with E-state index in [1.54, 1.807) is 14.0 Å². The van der Waals surface area contributed by atoms with Crippen LogP contribution in [0.1, 0.15) is 13.0 Å². The van der Waals surface area contributed by atoms with Crippen LogP contribution in [0.2, 0.25) is 0 Å². The molecule has 7 nitrogen and oxygen atoms in total. The minimum Gasteiger partial charge on any atom is -0.382 e. The fourth-order valence-corrected chi connectivity index (χ4v) is 0.870. The van der Waals surface area contributed by atoms with Crippen molar-refractivity contribution in [2.45, 2.75) is 13.0 Å². The zero-order chi connectivity index (χ0) is 11.1. The van der Waals surface area contributed by atoms with Gasteiger partial charge >= 0.3 is 0 Å². The second kappa shape index (κ2) is 6.10. The molecule has 1 rings (SSSR count). The molecule has 1 aromatic heterocycles. The van der Waals surface area contributed by atoms with Gasteiger partial charge in [0.1, 0.15) is 18.7 Å². The van der Waals surface area contributed by atoms with E-state index in [2.05, 4.69) is 15.6 Å². The highest BCUT2D eigenvalue weighted by Gasteiger charge is 2.14. The van der Waals surface area contributed by atoms with E-state index in [-0.39, 0.29) is 5.91 Å². The molecule has 7 heteroatoms. The van der Waals surface area contributed by atoms with Crippen molar-refractivity contribution in [3.8, 4) is 0 Å². The molecule has 0 radical (unpaired) electrons. The lowest BCUT2D eigenvalue weighted by molar-refractivity contribution is -0.137. The summed E-state index contributed by atoms with van der Waals surface area (Å²) in [6, 6.07) is -0.449. The smallest absolute Gasteiger partial charge is 0.268 e.